The Hall–Kier alpha value is -1.66. The molecule has 1 aliphatic heterocycles. The maximum absolute atomic E-state index is 13.6. The zero-order chi connectivity index (χ0) is 23.8. The van der Waals surface area contributed by atoms with E-state index in [9.17, 15) is 24.8 Å². The normalized spacial score (nSPS) is 24.1. The van der Waals surface area contributed by atoms with Crippen LogP contribution in [0.1, 0.15) is 31.4 Å². The average Bonchev–Trinajstić information content (AvgIpc) is 3.25. The van der Waals surface area contributed by atoms with Crippen molar-refractivity contribution in [1.82, 2.24) is 9.88 Å². The molecule has 2 heterocycles. The van der Waals surface area contributed by atoms with E-state index < -0.39 is 30.2 Å². The minimum Gasteiger partial charge on any atom is -0.494 e. The lowest BCUT2D eigenvalue weighted by Crippen LogP contribution is -2.43. The van der Waals surface area contributed by atoms with Crippen molar-refractivity contribution in [3.63, 3.8) is 0 Å². The van der Waals surface area contributed by atoms with Gasteiger partial charge in [-0.15, -0.1) is 11.3 Å². The fourth-order valence-electron chi connectivity index (χ4n) is 3.83. The summed E-state index contributed by atoms with van der Waals surface area (Å²) in [6, 6.07) is 4.68. The van der Waals surface area contributed by atoms with Gasteiger partial charge in [-0.25, -0.2) is 9.37 Å². The lowest BCUT2D eigenvalue weighted by Gasteiger charge is -2.23. The largest absolute Gasteiger partial charge is 0.494 e. The number of likely N-dealkylation sites (tertiary alicyclic amines) is 1. The van der Waals surface area contributed by atoms with Crippen LogP contribution in [0.4, 0.5) is 4.39 Å². The number of aromatic nitrogens is 1. The van der Waals surface area contributed by atoms with E-state index in [4.69, 9.17) is 9.47 Å². The molecule has 3 rings (SSSR count). The van der Waals surface area contributed by atoms with Gasteiger partial charge in [0.2, 0.25) is 0 Å². The molecule has 4 N–H and O–H groups in total. The Balaban J connectivity index is 1.30. The van der Waals surface area contributed by atoms with Crippen LogP contribution in [-0.4, -0.2) is 88.1 Å². The standard InChI is InChI=1S/C23H33FN2O6S/c1-31-20-10-15(6-7-17(20)24)23-25-16(14-33-23)13-32-9-5-3-2-4-8-26-11-18(27)21(29)22(30)19(28)12-26/h6-7,10,14,18-19,21-22,27-30H,2-5,8-9,11-13H2,1H3/t18-,19-,21+,22+/m0/s1. The van der Waals surface area contributed by atoms with Gasteiger partial charge in [0.1, 0.15) is 17.2 Å². The summed E-state index contributed by atoms with van der Waals surface area (Å²) in [4.78, 5) is 6.43. The zero-order valence-corrected chi connectivity index (χ0v) is 19.6. The van der Waals surface area contributed by atoms with Crippen LogP contribution in [0.2, 0.25) is 0 Å². The molecule has 4 atom stereocenters. The Labute approximate surface area is 197 Å². The number of methoxy groups -OCH3 is 1. The van der Waals surface area contributed by atoms with Crippen LogP contribution in [-0.2, 0) is 11.3 Å². The summed E-state index contributed by atoms with van der Waals surface area (Å²) < 4.78 is 24.3. The fraction of sp³-hybridized carbons (Fsp3) is 0.609. The molecule has 8 nitrogen and oxygen atoms in total. The van der Waals surface area contributed by atoms with Crippen LogP contribution in [0.3, 0.4) is 0 Å². The van der Waals surface area contributed by atoms with Crippen molar-refractivity contribution in [3.8, 4) is 16.3 Å². The van der Waals surface area contributed by atoms with Crippen LogP contribution in [0.15, 0.2) is 23.6 Å². The molecule has 1 saturated heterocycles. The van der Waals surface area contributed by atoms with E-state index in [-0.39, 0.29) is 18.8 Å². The van der Waals surface area contributed by atoms with Gasteiger partial charge in [0.25, 0.3) is 0 Å². The van der Waals surface area contributed by atoms with Gasteiger partial charge in [0.15, 0.2) is 11.6 Å². The van der Waals surface area contributed by atoms with Gasteiger partial charge in [-0.1, -0.05) is 12.8 Å². The number of aliphatic hydroxyl groups excluding tert-OH is 4. The van der Waals surface area contributed by atoms with Crippen LogP contribution < -0.4 is 4.74 Å². The van der Waals surface area contributed by atoms with E-state index in [1.165, 1.54) is 24.5 Å². The summed E-state index contributed by atoms with van der Waals surface area (Å²) in [5, 5.41) is 42.0. The van der Waals surface area contributed by atoms with Crippen LogP contribution in [0, 0.1) is 5.82 Å². The molecule has 0 saturated carbocycles. The first-order valence-corrected chi connectivity index (χ1v) is 12.1. The van der Waals surface area contributed by atoms with E-state index in [1.54, 1.807) is 12.1 Å². The first kappa shape index (κ1) is 26.0. The number of aliphatic hydroxyl groups is 4. The minimum absolute atomic E-state index is 0.193. The Bertz CT molecular complexity index is 853. The molecule has 33 heavy (non-hydrogen) atoms. The summed E-state index contributed by atoms with van der Waals surface area (Å²) in [5.74, 6) is -0.209. The second-order valence-electron chi connectivity index (χ2n) is 8.34. The van der Waals surface area contributed by atoms with E-state index in [1.807, 2.05) is 10.3 Å². The first-order chi connectivity index (χ1) is 15.9. The highest BCUT2D eigenvalue weighted by atomic mass is 32.1. The number of ether oxygens (including phenoxy) is 2. The quantitative estimate of drug-likeness (QED) is 0.357. The third kappa shape index (κ3) is 7.41. The molecule has 0 radical (unpaired) electrons. The first-order valence-electron chi connectivity index (χ1n) is 11.2. The number of rotatable bonds is 11. The summed E-state index contributed by atoms with van der Waals surface area (Å²) in [6.07, 6.45) is -1.02. The molecule has 184 valence electrons. The Morgan fingerprint density at radius 1 is 1.06 bits per heavy atom. The number of thiazole rings is 1. The lowest BCUT2D eigenvalue weighted by molar-refractivity contribution is -0.0894. The molecule has 0 bridgehead atoms. The smallest absolute Gasteiger partial charge is 0.165 e. The predicted octanol–water partition coefficient (Wildman–Crippen LogP) is 1.79. The van der Waals surface area contributed by atoms with Crippen molar-refractivity contribution < 1.29 is 34.3 Å². The van der Waals surface area contributed by atoms with Gasteiger partial charge < -0.3 is 29.9 Å². The molecular weight excluding hydrogens is 451 g/mol. The Morgan fingerprint density at radius 3 is 2.45 bits per heavy atom. The molecule has 1 aliphatic rings. The second kappa shape index (κ2) is 12.7. The molecule has 1 aromatic carbocycles. The highest BCUT2D eigenvalue weighted by Gasteiger charge is 2.35. The monoisotopic (exact) mass is 484 g/mol. The maximum atomic E-state index is 13.6. The zero-order valence-electron chi connectivity index (χ0n) is 18.8. The van der Waals surface area contributed by atoms with Crippen molar-refractivity contribution >= 4 is 11.3 Å². The van der Waals surface area contributed by atoms with E-state index in [0.717, 1.165) is 41.9 Å². The number of β-amino-alcohol motifs (C(OH)–C–C–N with tert-alkyl or cyclic N) is 2. The predicted molar refractivity (Wildman–Crippen MR) is 123 cm³/mol. The SMILES string of the molecule is COc1cc(-c2nc(COCCCCCCN3C[C@H](O)[C@@H](O)[C@H](O)[C@@H](O)C3)cs2)ccc1F. The van der Waals surface area contributed by atoms with Gasteiger partial charge >= 0.3 is 0 Å². The molecule has 0 aliphatic carbocycles. The fourth-order valence-corrected chi connectivity index (χ4v) is 4.63. The number of hydrogen-bond acceptors (Lipinski definition) is 9. The molecule has 0 spiro atoms. The molecule has 2 aromatic rings. The van der Waals surface area contributed by atoms with Crippen LogP contribution in [0.25, 0.3) is 10.6 Å². The van der Waals surface area contributed by atoms with Crippen molar-refractivity contribution in [2.45, 2.75) is 56.7 Å². The highest BCUT2D eigenvalue weighted by Crippen LogP contribution is 2.29. The molecular formula is C23H33FN2O6S. The van der Waals surface area contributed by atoms with E-state index in [2.05, 4.69) is 4.98 Å². The summed E-state index contributed by atoms with van der Waals surface area (Å²) in [5.41, 5.74) is 1.64. The average molecular weight is 485 g/mol. The van der Waals surface area contributed by atoms with E-state index in [0.29, 0.717) is 19.8 Å². The van der Waals surface area contributed by atoms with Gasteiger partial charge in [-0.2, -0.15) is 0 Å². The maximum Gasteiger partial charge on any atom is 0.165 e. The molecule has 0 amide bonds. The third-order valence-electron chi connectivity index (χ3n) is 5.74. The van der Waals surface area contributed by atoms with Crippen molar-refractivity contribution in [2.75, 3.05) is 33.4 Å². The molecule has 0 unspecified atom stereocenters. The minimum atomic E-state index is -1.32. The number of nitrogens with zero attached hydrogens (tertiary/aromatic N) is 2. The summed E-state index contributed by atoms with van der Waals surface area (Å²) in [6.45, 7) is 2.20. The number of hydrogen-bond donors (Lipinski definition) is 4. The van der Waals surface area contributed by atoms with Crippen LogP contribution in [0.5, 0.6) is 5.75 Å². The number of benzene rings is 1. The molecule has 10 heteroatoms. The number of unbranched alkanes of at least 4 members (excludes halogenated alkanes) is 3. The van der Waals surface area contributed by atoms with Crippen LogP contribution >= 0.6 is 11.3 Å². The topological polar surface area (TPSA) is 116 Å². The summed E-state index contributed by atoms with van der Waals surface area (Å²) in [7, 11) is 1.43. The Morgan fingerprint density at radius 2 is 1.76 bits per heavy atom. The van der Waals surface area contributed by atoms with Gasteiger partial charge in [-0.05, 0) is 37.6 Å². The third-order valence-corrected chi connectivity index (χ3v) is 6.68. The van der Waals surface area contributed by atoms with Crippen molar-refractivity contribution in [3.05, 3.63) is 35.1 Å². The summed E-state index contributed by atoms with van der Waals surface area (Å²) >= 11 is 1.48. The van der Waals surface area contributed by atoms with E-state index >= 15 is 0 Å². The van der Waals surface area contributed by atoms with Gasteiger partial charge in [-0.3, -0.25) is 4.90 Å². The molecule has 1 aromatic heterocycles. The second-order valence-corrected chi connectivity index (χ2v) is 9.19. The van der Waals surface area contributed by atoms with Gasteiger partial charge in [0.05, 0.1) is 31.6 Å². The van der Waals surface area contributed by atoms with Gasteiger partial charge in [0, 0.05) is 30.6 Å². The number of halogens is 1. The molecule has 1 fully saturated rings. The van der Waals surface area contributed by atoms with Crippen molar-refractivity contribution in [2.24, 2.45) is 0 Å². The highest BCUT2D eigenvalue weighted by molar-refractivity contribution is 7.13. The lowest BCUT2D eigenvalue weighted by atomic mass is 10.1. The van der Waals surface area contributed by atoms with Crippen molar-refractivity contribution in [1.29, 1.82) is 0 Å². The Kier molecular flexibility index (Phi) is 9.99.